The SMILES string of the molecule is CC(C)(C)C(=O)N1CCN(c2ccc(NC(=O)c3cccnc3)cc2)CC1. The first kappa shape index (κ1) is 18.9. The highest BCUT2D eigenvalue weighted by molar-refractivity contribution is 6.04. The largest absolute Gasteiger partial charge is 0.368 e. The van der Waals surface area contributed by atoms with E-state index >= 15 is 0 Å². The Bertz CT molecular complexity index is 789. The zero-order chi connectivity index (χ0) is 19.4. The molecule has 0 atom stereocenters. The van der Waals surface area contributed by atoms with Crippen molar-refractivity contribution in [2.75, 3.05) is 36.4 Å². The molecule has 1 aliphatic rings. The van der Waals surface area contributed by atoms with Gasteiger partial charge in [0.15, 0.2) is 0 Å². The van der Waals surface area contributed by atoms with Gasteiger partial charge < -0.3 is 15.1 Å². The van der Waals surface area contributed by atoms with Crippen LogP contribution in [0.25, 0.3) is 0 Å². The molecule has 0 unspecified atom stereocenters. The van der Waals surface area contributed by atoms with Gasteiger partial charge >= 0.3 is 0 Å². The minimum atomic E-state index is -0.337. The van der Waals surface area contributed by atoms with Gasteiger partial charge in [-0.1, -0.05) is 20.8 Å². The first-order valence-electron chi connectivity index (χ1n) is 9.20. The van der Waals surface area contributed by atoms with Crippen molar-refractivity contribution >= 4 is 23.2 Å². The molecule has 2 amide bonds. The quantitative estimate of drug-likeness (QED) is 0.907. The molecule has 0 saturated carbocycles. The summed E-state index contributed by atoms with van der Waals surface area (Å²) in [7, 11) is 0. The minimum absolute atomic E-state index is 0.176. The number of anilines is 2. The van der Waals surface area contributed by atoms with Gasteiger partial charge in [0.2, 0.25) is 5.91 Å². The van der Waals surface area contributed by atoms with Crippen molar-refractivity contribution < 1.29 is 9.59 Å². The van der Waals surface area contributed by atoms with Crippen LogP contribution in [0.1, 0.15) is 31.1 Å². The molecule has 6 heteroatoms. The Kier molecular flexibility index (Phi) is 5.44. The predicted octanol–water partition coefficient (Wildman–Crippen LogP) is 3.03. The summed E-state index contributed by atoms with van der Waals surface area (Å²) in [6.07, 6.45) is 3.18. The van der Waals surface area contributed by atoms with Crippen LogP contribution >= 0.6 is 0 Å². The minimum Gasteiger partial charge on any atom is -0.368 e. The molecule has 2 aromatic rings. The van der Waals surface area contributed by atoms with E-state index in [-0.39, 0.29) is 17.2 Å². The van der Waals surface area contributed by atoms with E-state index in [9.17, 15) is 9.59 Å². The first-order valence-corrected chi connectivity index (χ1v) is 9.20. The lowest BCUT2D eigenvalue weighted by Gasteiger charge is -2.38. The summed E-state index contributed by atoms with van der Waals surface area (Å²) in [6.45, 7) is 8.96. The molecule has 1 fully saturated rings. The van der Waals surface area contributed by atoms with Gasteiger partial charge in [0.05, 0.1) is 5.56 Å². The summed E-state index contributed by atoms with van der Waals surface area (Å²) in [5.74, 6) is 0.0285. The maximum atomic E-state index is 12.4. The van der Waals surface area contributed by atoms with Gasteiger partial charge in [0, 0.05) is 55.4 Å². The lowest BCUT2D eigenvalue weighted by molar-refractivity contribution is -0.139. The van der Waals surface area contributed by atoms with Gasteiger partial charge in [-0.2, -0.15) is 0 Å². The number of benzene rings is 1. The Morgan fingerprint density at radius 3 is 2.22 bits per heavy atom. The maximum Gasteiger partial charge on any atom is 0.257 e. The van der Waals surface area contributed by atoms with Crippen LogP contribution in [0.2, 0.25) is 0 Å². The van der Waals surface area contributed by atoms with Crippen molar-refractivity contribution in [2.45, 2.75) is 20.8 Å². The zero-order valence-corrected chi connectivity index (χ0v) is 16.1. The second-order valence-corrected chi connectivity index (χ2v) is 7.77. The molecule has 1 saturated heterocycles. The fourth-order valence-electron chi connectivity index (χ4n) is 3.10. The molecule has 0 radical (unpaired) electrons. The van der Waals surface area contributed by atoms with Gasteiger partial charge in [-0.05, 0) is 36.4 Å². The van der Waals surface area contributed by atoms with Crippen LogP contribution in [0.4, 0.5) is 11.4 Å². The van der Waals surface area contributed by atoms with Crippen molar-refractivity contribution in [3.63, 3.8) is 0 Å². The van der Waals surface area contributed by atoms with E-state index in [1.54, 1.807) is 24.5 Å². The molecule has 3 rings (SSSR count). The number of nitrogens with one attached hydrogen (secondary N) is 1. The Balaban J connectivity index is 1.57. The van der Waals surface area contributed by atoms with Crippen molar-refractivity contribution in [1.29, 1.82) is 0 Å². The average molecular weight is 366 g/mol. The van der Waals surface area contributed by atoms with Crippen molar-refractivity contribution in [1.82, 2.24) is 9.88 Å². The van der Waals surface area contributed by atoms with E-state index in [0.717, 1.165) is 37.6 Å². The van der Waals surface area contributed by atoms with E-state index in [1.807, 2.05) is 49.9 Å². The molecule has 27 heavy (non-hydrogen) atoms. The monoisotopic (exact) mass is 366 g/mol. The number of hydrogen-bond donors (Lipinski definition) is 1. The summed E-state index contributed by atoms with van der Waals surface area (Å²) >= 11 is 0. The van der Waals surface area contributed by atoms with E-state index in [1.165, 1.54) is 0 Å². The van der Waals surface area contributed by atoms with E-state index in [0.29, 0.717) is 5.56 Å². The molecule has 1 aliphatic heterocycles. The Labute approximate surface area is 160 Å². The van der Waals surface area contributed by atoms with Crippen LogP contribution in [0, 0.1) is 5.41 Å². The molecule has 142 valence electrons. The third kappa shape index (κ3) is 4.64. The van der Waals surface area contributed by atoms with Crippen molar-refractivity contribution in [3.8, 4) is 0 Å². The highest BCUT2D eigenvalue weighted by Gasteiger charge is 2.29. The second-order valence-electron chi connectivity index (χ2n) is 7.77. The molecular formula is C21H26N4O2. The van der Waals surface area contributed by atoms with Gasteiger partial charge in [-0.25, -0.2) is 0 Å². The first-order chi connectivity index (χ1) is 12.8. The van der Waals surface area contributed by atoms with Crippen LogP contribution in [0.5, 0.6) is 0 Å². The average Bonchev–Trinajstić information content (AvgIpc) is 2.68. The fourth-order valence-corrected chi connectivity index (χ4v) is 3.10. The van der Waals surface area contributed by atoms with Crippen molar-refractivity contribution in [3.05, 3.63) is 54.4 Å². The Hall–Kier alpha value is -2.89. The molecular weight excluding hydrogens is 340 g/mol. The number of rotatable bonds is 3. The number of amides is 2. The number of hydrogen-bond acceptors (Lipinski definition) is 4. The van der Waals surface area contributed by atoms with Crippen molar-refractivity contribution in [2.24, 2.45) is 5.41 Å². The maximum absolute atomic E-state index is 12.4. The van der Waals surface area contributed by atoms with E-state index < -0.39 is 0 Å². The predicted molar refractivity (Wildman–Crippen MR) is 107 cm³/mol. The highest BCUT2D eigenvalue weighted by atomic mass is 16.2. The van der Waals surface area contributed by atoms with E-state index in [4.69, 9.17) is 0 Å². The summed E-state index contributed by atoms with van der Waals surface area (Å²) in [5.41, 5.74) is 2.03. The van der Waals surface area contributed by atoms with Gasteiger partial charge in [-0.15, -0.1) is 0 Å². The fraction of sp³-hybridized carbons (Fsp3) is 0.381. The standard InChI is InChI=1S/C21H26N4O2/c1-21(2,3)20(27)25-13-11-24(12-14-25)18-8-6-17(7-9-18)23-19(26)16-5-4-10-22-15-16/h4-10,15H,11-14H2,1-3H3,(H,23,26). The van der Waals surface area contributed by atoms with Gasteiger partial charge in [-0.3, -0.25) is 14.6 Å². The Morgan fingerprint density at radius 1 is 1.00 bits per heavy atom. The van der Waals surface area contributed by atoms with Crippen LogP contribution in [-0.2, 0) is 4.79 Å². The smallest absolute Gasteiger partial charge is 0.257 e. The van der Waals surface area contributed by atoms with Gasteiger partial charge in [0.1, 0.15) is 0 Å². The summed E-state index contributed by atoms with van der Waals surface area (Å²) in [6, 6.07) is 11.3. The molecule has 6 nitrogen and oxygen atoms in total. The van der Waals surface area contributed by atoms with E-state index in [2.05, 4.69) is 15.2 Å². The summed E-state index contributed by atoms with van der Waals surface area (Å²) in [5, 5.41) is 2.88. The molecule has 2 heterocycles. The number of pyridine rings is 1. The molecule has 0 spiro atoms. The molecule has 0 bridgehead atoms. The van der Waals surface area contributed by atoms with Crippen LogP contribution in [0.3, 0.4) is 0 Å². The highest BCUT2D eigenvalue weighted by Crippen LogP contribution is 2.22. The van der Waals surface area contributed by atoms with Crippen LogP contribution < -0.4 is 10.2 Å². The molecule has 1 N–H and O–H groups in total. The molecule has 1 aromatic carbocycles. The van der Waals surface area contributed by atoms with Crippen LogP contribution in [-0.4, -0.2) is 47.9 Å². The number of aromatic nitrogens is 1. The lowest BCUT2D eigenvalue weighted by atomic mass is 9.94. The number of piperazine rings is 1. The lowest BCUT2D eigenvalue weighted by Crippen LogP contribution is -2.51. The Morgan fingerprint density at radius 2 is 1.67 bits per heavy atom. The topological polar surface area (TPSA) is 65.5 Å². The zero-order valence-electron chi connectivity index (χ0n) is 16.1. The normalized spacial score (nSPS) is 14.8. The third-order valence-corrected chi connectivity index (χ3v) is 4.62. The number of nitrogens with zero attached hydrogens (tertiary/aromatic N) is 3. The number of carbonyl (C=O) groups excluding carboxylic acids is 2. The molecule has 0 aliphatic carbocycles. The third-order valence-electron chi connectivity index (χ3n) is 4.62. The second kappa shape index (κ2) is 7.78. The van der Waals surface area contributed by atoms with Gasteiger partial charge in [0.25, 0.3) is 5.91 Å². The van der Waals surface area contributed by atoms with Crippen LogP contribution in [0.15, 0.2) is 48.8 Å². The molecule has 1 aromatic heterocycles. The summed E-state index contributed by atoms with van der Waals surface area (Å²) in [4.78, 5) is 32.7. The summed E-state index contributed by atoms with van der Waals surface area (Å²) < 4.78 is 0. The number of carbonyl (C=O) groups is 2.